The minimum atomic E-state index is 0.614. The molecule has 0 amide bonds. The minimum Gasteiger partial charge on any atom is -0.461 e. The van der Waals surface area contributed by atoms with E-state index in [0.717, 1.165) is 24.3 Å². The number of hydrogen-bond donors (Lipinski definition) is 1. The van der Waals surface area contributed by atoms with E-state index in [-0.39, 0.29) is 0 Å². The fourth-order valence-electron chi connectivity index (χ4n) is 2.67. The van der Waals surface area contributed by atoms with Crippen LogP contribution < -0.4 is 5.32 Å². The highest BCUT2D eigenvalue weighted by Crippen LogP contribution is 2.26. The Bertz CT molecular complexity index is 515. The average molecular weight is 259 g/mol. The van der Waals surface area contributed by atoms with Crippen molar-refractivity contribution in [2.24, 2.45) is 0 Å². The van der Waals surface area contributed by atoms with Crippen LogP contribution in [0.4, 0.5) is 0 Å². The van der Waals surface area contributed by atoms with Gasteiger partial charge in [-0.1, -0.05) is 45.4 Å². The van der Waals surface area contributed by atoms with Crippen molar-refractivity contribution in [1.82, 2.24) is 5.32 Å². The van der Waals surface area contributed by atoms with E-state index in [2.05, 4.69) is 44.3 Å². The summed E-state index contributed by atoms with van der Waals surface area (Å²) in [5.41, 5.74) is 2.35. The van der Waals surface area contributed by atoms with Gasteiger partial charge in [0.25, 0.3) is 0 Å². The van der Waals surface area contributed by atoms with Crippen LogP contribution in [-0.2, 0) is 13.0 Å². The summed E-state index contributed by atoms with van der Waals surface area (Å²) in [5.74, 6) is 1.13. The Morgan fingerprint density at radius 3 is 2.63 bits per heavy atom. The number of para-hydroxylation sites is 1. The molecule has 2 rings (SSSR count). The van der Waals surface area contributed by atoms with Gasteiger partial charge in [-0.2, -0.15) is 0 Å². The van der Waals surface area contributed by atoms with E-state index in [4.69, 9.17) is 4.42 Å². The molecule has 0 saturated heterocycles. The second-order valence-electron chi connectivity index (χ2n) is 5.13. The third kappa shape index (κ3) is 3.19. The number of benzene rings is 1. The number of nitrogens with one attached hydrogen (secondary N) is 1. The lowest BCUT2D eigenvalue weighted by Gasteiger charge is -2.16. The third-order valence-corrected chi connectivity index (χ3v) is 3.80. The van der Waals surface area contributed by atoms with E-state index in [1.54, 1.807) is 0 Å². The van der Waals surface area contributed by atoms with Gasteiger partial charge in [0.15, 0.2) is 0 Å². The number of furan rings is 1. The van der Waals surface area contributed by atoms with Gasteiger partial charge in [-0.05, 0) is 18.9 Å². The summed E-state index contributed by atoms with van der Waals surface area (Å²) in [6, 6.07) is 8.96. The second kappa shape index (κ2) is 6.76. The Kier molecular flexibility index (Phi) is 5.03. The normalized spacial score (nSPS) is 13.0. The van der Waals surface area contributed by atoms with E-state index in [9.17, 15) is 0 Å². The first kappa shape index (κ1) is 14.1. The Morgan fingerprint density at radius 2 is 1.95 bits per heavy atom. The third-order valence-electron chi connectivity index (χ3n) is 3.80. The highest BCUT2D eigenvalue weighted by atomic mass is 16.3. The van der Waals surface area contributed by atoms with Gasteiger partial charge in [-0.15, -0.1) is 0 Å². The van der Waals surface area contributed by atoms with Crippen LogP contribution in [0.3, 0.4) is 0 Å². The van der Waals surface area contributed by atoms with E-state index in [1.165, 1.54) is 30.2 Å². The molecule has 2 aromatic rings. The van der Waals surface area contributed by atoms with Crippen LogP contribution in [0.15, 0.2) is 28.7 Å². The molecule has 0 aliphatic carbocycles. The molecule has 1 unspecified atom stereocenters. The maximum atomic E-state index is 5.93. The number of aryl methyl sites for hydroxylation is 1. The first-order valence-corrected chi connectivity index (χ1v) is 7.52. The van der Waals surface area contributed by atoms with Crippen molar-refractivity contribution >= 4 is 11.0 Å². The van der Waals surface area contributed by atoms with Gasteiger partial charge >= 0.3 is 0 Å². The van der Waals surface area contributed by atoms with Crippen LogP contribution >= 0.6 is 0 Å². The molecule has 2 heteroatoms. The Labute approximate surface area is 116 Å². The highest BCUT2D eigenvalue weighted by Gasteiger charge is 2.13. The smallest absolute Gasteiger partial charge is 0.134 e. The van der Waals surface area contributed by atoms with Gasteiger partial charge in [-0.3, -0.25) is 0 Å². The quantitative estimate of drug-likeness (QED) is 0.782. The van der Waals surface area contributed by atoms with Crippen molar-refractivity contribution in [1.29, 1.82) is 0 Å². The average Bonchev–Trinajstić information content (AvgIpc) is 2.81. The van der Waals surface area contributed by atoms with E-state index >= 15 is 0 Å². The first-order valence-electron chi connectivity index (χ1n) is 7.52. The maximum absolute atomic E-state index is 5.93. The van der Waals surface area contributed by atoms with Gasteiger partial charge in [0, 0.05) is 30.0 Å². The molecule has 1 aromatic carbocycles. The predicted octanol–water partition coefficient (Wildman–Crippen LogP) is 4.66. The SMILES string of the molecule is CCCC(CC)NCc1c(CC)oc2ccccc12. The Morgan fingerprint density at radius 1 is 1.16 bits per heavy atom. The zero-order chi connectivity index (χ0) is 13.7. The maximum Gasteiger partial charge on any atom is 0.134 e. The summed E-state index contributed by atoms with van der Waals surface area (Å²) in [6.07, 6.45) is 4.62. The van der Waals surface area contributed by atoms with Crippen molar-refractivity contribution in [2.75, 3.05) is 0 Å². The van der Waals surface area contributed by atoms with Gasteiger partial charge in [0.1, 0.15) is 11.3 Å². The lowest BCUT2D eigenvalue weighted by Crippen LogP contribution is -2.27. The molecule has 0 spiro atoms. The summed E-state index contributed by atoms with van der Waals surface area (Å²) in [5, 5.41) is 4.94. The zero-order valence-electron chi connectivity index (χ0n) is 12.3. The Hall–Kier alpha value is -1.28. The van der Waals surface area contributed by atoms with Gasteiger partial charge in [0.2, 0.25) is 0 Å². The topological polar surface area (TPSA) is 25.2 Å². The molecular formula is C17H25NO. The van der Waals surface area contributed by atoms with Crippen molar-refractivity contribution in [2.45, 2.75) is 59.0 Å². The lowest BCUT2D eigenvalue weighted by molar-refractivity contribution is 0.457. The molecule has 0 fully saturated rings. The fourth-order valence-corrected chi connectivity index (χ4v) is 2.67. The molecular weight excluding hydrogens is 234 g/mol. The summed E-state index contributed by atoms with van der Waals surface area (Å²) in [7, 11) is 0. The van der Waals surface area contributed by atoms with Crippen LogP contribution in [0, 0.1) is 0 Å². The molecule has 0 radical (unpaired) electrons. The molecule has 1 heterocycles. The first-order chi connectivity index (χ1) is 9.30. The number of fused-ring (bicyclic) bond motifs is 1. The van der Waals surface area contributed by atoms with Crippen molar-refractivity contribution < 1.29 is 4.42 Å². The molecule has 0 aliphatic heterocycles. The van der Waals surface area contributed by atoms with Crippen LogP contribution in [0.25, 0.3) is 11.0 Å². The summed E-state index contributed by atoms with van der Waals surface area (Å²) in [6.45, 7) is 7.57. The monoisotopic (exact) mass is 259 g/mol. The minimum absolute atomic E-state index is 0.614. The molecule has 0 aliphatic rings. The van der Waals surface area contributed by atoms with Crippen LogP contribution in [-0.4, -0.2) is 6.04 Å². The second-order valence-corrected chi connectivity index (χ2v) is 5.13. The summed E-state index contributed by atoms with van der Waals surface area (Å²) < 4.78 is 5.93. The van der Waals surface area contributed by atoms with Gasteiger partial charge < -0.3 is 9.73 Å². The van der Waals surface area contributed by atoms with Gasteiger partial charge in [0.05, 0.1) is 0 Å². The predicted molar refractivity (Wildman–Crippen MR) is 81.4 cm³/mol. The van der Waals surface area contributed by atoms with E-state index in [0.29, 0.717) is 6.04 Å². The molecule has 1 aromatic heterocycles. The molecule has 1 atom stereocenters. The number of hydrogen-bond acceptors (Lipinski definition) is 2. The van der Waals surface area contributed by atoms with Crippen LogP contribution in [0.5, 0.6) is 0 Å². The summed E-state index contributed by atoms with van der Waals surface area (Å²) in [4.78, 5) is 0. The Balaban J connectivity index is 2.18. The molecule has 104 valence electrons. The molecule has 0 saturated carbocycles. The standard InChI is InChI=1S/C17H25NO/c1-4-9-13(5-2)18-12-15-14-10-7-8-11-17(14)19-16(15)6-3/h7-8,10-11,13,18H,4-6,9,12H2,1-3H3. The fraction of sp³-hybridized carbons (Fsp3) is 0.529. The molecule has 1 N–H and O–H groups in total. The van der Waals surface area contributed by atoms with Crippen LogP contribution in [0.1, 0.15) is 51.4 Å². The van der Waals surface area contributed by atoms with Crippen LogP contribution in [0.2, 0.25) is 0 Å². The molecule has 2 nitrogen and oxygen atoms in total. The van der Waals surface area contributed by atoms with Crippen molar-refractivity contribution in [3.05, 3.63) is 35.6 Å². The van der Waals surface area contributed by atoms with Gasteiger partial charge in [-0.25, -0.2) is 0 Å². The largest absolute Gasteiger partial charge is 0.461 e. The molecule has 0 bridgehead atoms. The highest BCUT2D eigenvalue weighted by molar-refractivity contribution is 5.82. The zero-order valence-corrected chi connectivity index (χ0v) is 12.3. The van der Waals surface area contributed by atoms with E-state index < -0.39 is 0 Å². The number of rotatable bonds is 7. The van der Waals surface area contributed by atoms with E-state index in [1.807, 2.05) is 6.07 Å². The van der Waals surface area contributed by atoms with Crippen molar-refractivity contribution in [3.8, 4) is 0 Å². The lowest BCUT2D eigenvalue weighted by atomic mass is 10.1. The molecule has 19 heavy (non-hydrogen) atoms. The van der Waals surface area contributed by atoms with Crippen molar-refractivity contribution in [3.63, 3.8) is 0 Å². The summed E-state index contributed by atoms with van der Waals surface area (Å²) >= 11 is 0.